The maximum absolute atomic E-state index is 10.5. The average molecular weight is 255 g/mol. The van der Waals surface area contributed by atoms with Crippen molar-refractivity contribution < 1.29 is 15.1 Å². The average Bonchev–Trinajstić information content (AvgIpc) is 2.40. The van der Waals surface area contributed by atoms with Crippen molar-refractivity contribution in [2.24, 2.45) is 0 Å². The van der Waals surface area contributed by atoms with Crippen LogP contribution >= 0.6 is 0 Å². The quantitative estimate of drug-likeness (QED) is 0.354. The van der Waals surface area contributed by atoms with Gasteiger partial charge < -0.3 is 10.2 Å². The Morgan fingerprint density at radius 3 is 2.05 bits per heavy atom. The number of hydrogen-bond donors (Lipinski definition) is 2. The SMILES string of the molecule is O=[N+]([O-])c1ccc(C#Cc2ccc(O)c(O)c2)cc1. The van der Waals surface area contributed by atoms with Gasteiger partial charge in [0.25, 0.3) is 5.69 Å². The molecule has 2 N–H and O–H groups in total. The number of phenols is 2. The molecule has 0 aliphatic rings. The molecule has 0 saturated heterocycles. The fraction of sp³-hybridized carbons (Fsp3) is 0. The molecule has 0 heterocycles. The number of rotatable bonds is 1. The zero-order valence-corrected chi connectivity index (χ0v) is 9.70. The van der Waals surface area contributed by atoms with Crippen LogP contribution in [0, 0.1) is 22.0 Å². The van der Waals surface area contributed by atoms with Gasteiger partial charge in [0.2, 0.25) is 0 Å². The van der Waals surface area contributed by atoms with E-state index in [9.17, 15) is 15.2 Å². The van der Waals surface area contributed by atoms with Gasteiger partial charge in [-0.2, -0.15) is 0 Å². The first-order valence-electron chi connectivity index (χ1n) is 5.35. The van der Waals surface area contributed by atoms with Crippen LogP contribution < -0.4 is 0 Å². The number of nitrogens with zero attached hydrogens (tertiary/aromatic N) is 1. The van der Waals surface area contributed by atoms with Crippen LogP contribution in [-0.4, -0.2) is 15.1 Å². The maximum Gasteiger partial charge on any atom is 0.269 e. The minimum atomic E-state index is -0.477. The Morgan fingerprint density at radius 2 is 1.47 bits per heavy atom. The lowest BCUT2D eigenvalue weighted by Gasteiger charge is -1.96. The van der Waals surface area contributed by atoms with Gasteiger partial charge in [0, 0.05) is 23.3 Å². The summed E-state index contributed by atoms with van der Waals surface area (Å²) in [6.07, 6.45) is 0. The topological polar surface area (TPSA) is 83.6 Å². The summed E-state index contributed by atoms with van der Waals surface area (Å²) in [6.45, 7) is 0. The molecule has 0 spiro atoms. The Kier molecular flexibility index (Phi) is 3.35. The third-order valence-electron chi connectivity index (χ3n) is 2.40. The summed E-state index contributed by atoms with van der Waals surface area (Å²) in [5.41, 5.74) is 1.17. The van der Waals surface area contributed by atoms with Crippen molar-refractivity contribution in [3.05, 3.63) is 63.7 Å². The van der Waals surface area contributed by atoms with Gasteiger partial charge in [-0.3, -0.25) is 10.1 Å². The van der Waals surface area contributed by atoms with Gasteiger partial charge >= 0.3 is 0 Å². The summed E-state index contributed by atoms with van der Waals surface area (Å²) < 4.78 is 0. The highest BCUT2D eigenvalue weighted by Crippen LogP contribution is 2.24. The molecule has 0 aliphatic carbocycles. The molecule has 0 aromatic heterocycles. The molecular formula is C14H9NO4. The van der Waals surface area contributed by atoms with E-state index in [0.29, 0.717) is 11.1 Å². The van der Waals surface area contributed by atoms with E-state index in [1.807, 2.05) is 0 Å². The zero-order valence-electron chi connectivity index (χ0n) is 9.70. The van der Waals surface area contributed by atoms with Gasteiger partial charge in [-0.05, 0) is 30.3 Å². The minimum Gasteiger partial charge on any atom is -0.504 e. The molecule has 0 unspecified atom stereocenters. The van der Waals surface area contributed by atoms with E-state index in [2.05, 4.69) is 11.8 Å². The normalized spacial score (nSPS) is 9.47. The minimum absolute atomic E-state index is 0.00725. The van der Waals surface area contributed by atoms with Crippen LogP contribution in [0.25, 0.3) is 0 Å². The monoisotopic (exact) mass is 255 g/mol. The third kappa shape index (κ3) is 3.01. The Morgan fingerprint density at radius 1 is 0.895 bits per heavy atom. The standard InChI is InChI=1S/C14H9NO4/c16-13-8-5-11(9-14(13)17)2-1-10-3-6-12(7-4-10)15(18)19/h3-9,16-17H. The second kappa shape index (κ2) is 5.10. The summed E-state index contributed by atoms with van der Waals surface area (Å²) in [5, 5.41) is 28.9. The molecule has 0 atom stereocenters. The highest BCUT2D eigenvalue weighted by Gasteiger charge is 2.02. The highest BCUT2D eigenvalue weighted by molar-refractivity contribution is 5.50. The van der Waals surface area contributed by atoms with E-state index in [1.54, 1.807) is 18.2 Å². The van der Waals surface area contributed by atoms with Crippen LogP contribution in [0.1, 0.15) is 11.1 Å². The van der Waals surface area contributed by atoms with Crippen molar-refractivity contribution in [3.8, 4) is 23.3 Å². The lowest BCUT2D eigenvalue weighted by atomic mass is 10.1. The first kappa shape index (κ1) is 12.5. The molecule has 0 saturated carbocycles. The lowest BCUT2D eigenvalue weighted by molar-refractivity contribution is -0.384. The second-order valence-electron chi connectivity index (χ2n) is 3.76. The van der Waals surface area contributed by atoms with E-state index >= 15 is 0 Å². The predicted octanol–water partition coefficient (Wildman–Crippen LogP) is 2.41. The molecule has 94 valence electrons. The van der Waals surface area contributed by atoms with Crippen LogP contribution in [0.3, 0.4) is 0 Å². The van der Waals surface area contributed by atoms with E-state index in [-0.39, 0.29) is 17.2 Å². The van der Waals surface area contributed by atoms with Gasteiger partial charge in [0.15, 0.2) is 11.5 Å². The van der Waals surface area contributed by atoms with Crippen LogP contribution in [0.5, 0.6) is 11.5 Å². The van der Waals surface area contributed by atoms with Crippen molar-refractivity contribution in [1.82, 2.24) is 0 Å². The molecule has 0 amide bonds. The summed E-state index contributed by atoms with van der Waals surface area (Å²) in [7, 11) is 0. The van der Waals surface area contributed by atoms with Crippen LogP contribution in [0.2, 0.25) is 0 Å². The van der Waals surface area contributed by atoms with Crippen molar-refractivity contribution >= 4 is 5.69 Å². The smallest absolute Gasteiger partial charge is 0.269 e. The number of nitro benzene ring substituents is 1. The number of hydrogen-bond acceptors (Lipinski definition) is 4. The van der Waals surface area contributed by atoms with Gasteiger partial charge in [-0.1, -0.05) is 11.8 Å². The van der Waals surface area contributed by atoms with Gasteiger partial charge in [-0.15, -0.1) is 0 Å². The molecular weight excluding hydrogens is 246 g/mol. The molecule has 5 nitrogen and oxygen atoms in total. The van der Waals surface area contributed by atoms with E-state index in [4.69, 9.17) is 5.11 Å². The van der Waals surface area contributed by atoms with Gasteiger partial charge in [-0.25, -0.2) is 0 Å². The second-order valence-corrected chi connectivity index (χ2v) is 3.76. The van der Waals surface area contributed by atoms with Crippen molar-refractivity contribution in [3.63, 3.8) is 0 Å². The molecule has 19 heavy (non-hydrogen) atoms. The van der Waals surface area contributed by atoms with Crippen molar-refractivity contribution in [2.75, 3.05) is 0 Å². The van der Waals surface area contributed by atoms with Crippen molar-refractivity contribution in [2.45, 2.75) is 0 Å². The van der Waals surface area contributed by atoms with E-state index < -0.39 is 4.92 Å². The number of nitro groups is 1. The maximum atomic E-state index is 10.5. The van der Waals surface area contributed by atoms with Crippen molar-refractivity contribution in [1.29, 1.82) is 0 Å². The fourth-order valence-corrected chi connectivity index (χ4v) is 1.41. The third-order valence-corrected chi connectivity index (χ3v) is 2.40. The molecule has 0 bridgehead atoms. The predicted molar refractivity (Wildman–Crippen MR) is 68.8 cm³/mol. The summed E-state index contributed by atoms with van der Waals surface area (Å²) >= 11 is 0. The number of non-ortho nitro benzene ring substituents is 1. The lowest BCUT2D eigenvalue weighted by Crippen LogP contribution is -1.86. The first-order valence-corrected chi connectivity index (χ1v) is 5.35. The van der Waals surface area contributed by atoms with Crippen LogP contribution in [0.4, 0.5) is 5.69 Å². The zero-order chi connectivity index (χ0) is 13.8. The van der Waals surface area contributed by atoms with Gasteiger partial charge in [0.05, 0.1) is 4.92 Å². The molecule has 0 radical (unpaired) electrons. The summed E-state index contributed by atoms with van der Waals surface area (Å²) in [6, 6.07) is 10.1. The molecule has 2 rings (SSSR count). The molecule has 0 aliphatic heterocycles. The Hall–Kier alpha value is -3.00. The molecule has 2 aromatic carbocycles. The largest absolute Gasteiger partial charge is 0.504 e. The molecule has 2 aromatic rings. The Bertz CT molecular complexity index is 681. The molecule has 5 heteroatoms. The summed E-state index contributed by atoms with van der Waals surface area (Å²) in [4.78, 5) is 10.0. The Labute approximate surface area is 108 Å². The van der Waals surface area contributed by atoms with E-state index in [0.717, 1.165) is 0 Å². The van der Waals surface area contributed by atoms with Crippen LogP contribution in [-0.2, 0) is 0 Å². The number of aromatic hydroxyl groups is 2. The van der Waals surface area contributed by atoms with Gasteiger partial charge in [0.1, 0.15) is 0 Å². The first-order chi connectivity index (χ1) is 9.06. The fourth-order valence-electron chi connectivity index (χ4n) is 1.41. The summed E-state index contributed by atoms with van der Waals surface area (Å²) in [5.74, 6) is 5.15. The number of phenolic OH excluding ortho intramolecular Hbond substituents is 2. The molecule has 0 fully saturated rings. The van der Waals surface area contributed by atoms with Crippen LogP contribution in [0.15, 0.2) is 42.5 Å². The Balaban J connectivity index is 2.23. The number of benzene rings is 2. The highest BCUT2D eigenvalue weighted by atomic mass is 16.6. The van der Waals surface area contributed by atoms with E-state index in [1.165, 1.54) is 24.3 Å².